The number of nitriles is 1. The lowest BCUT2D eigenvalue weighted by Gasteiger charge is -2.26. The van der Waals surface area contributed by atoms with Crippen molar-refractivity contribution in [2.24, 2.45) is 5.92 Å². The Morgan fingerprint density at radius 1 is 1.32 bits per heavy atom. The van der Waals surface area contributed by atoms with Crippen LogP contribution in [0.3, 0.4) is 0 Å². The van der Waals surface area contributed by atoms with Crippen molar-refractivity contribution in [2.75, 3.05) is 13.7 Å². The van der Waals surface area contributed by atoms with Crippen LogP contribution in [-0.2, 0) is 4.79 Å². The van der Waals surface area contributed by atoms with E-state index >= 15 is 0 Å². The molecule has 1 aliphatic carbocycles. The maximum atomic E-state index is 12.5. The van der Waals surface area contributed by atoms with Gasteiger partial charge in [-0.15, -0.1) is 0 Å². The van der Waals surface area contributed by atoms with Gasteiger partial charge in [-0.1, -0.05) is 38.2 Å². The van der Waals surface area contributed by atoms with Crippen LogP contribution >= 0.6 is 0 Å². The summed E-state index contributed by atoms with van der Waals surface area (Å²) in [5.74, 6) is 0.401. The first-order valence-corrected chi connectivity index (χ1v) is 8.73. The summed E-state index contributed by atoms with van der Waals surface area (Å²) in [5, 5.41) is 14.1. The largest absolute Gasteiger partial charge is 0.497 e. The van der Waals surface area contributed by atoms with Gasteiger partial charge < -0.3 is 15.4 Å². The summed E-state index contributed by atoms with van der Waals surface area (Å²) in [6.45, 7) is -0.0605. The van der Waals surface area contributed by atoms with Crippen LogP contribution in [0.25, 0.3) is 0 Å². The molecule has 0 bridgehead atoms. The molecule has 1 aromatic rings. The zero-order valence-electron chi connectivity index (χ0n) is 14.6. The fourth-order valence-corrected chi connectivity index (χ4v) is 3.24. The molecule has 0 heterocycles. The molecule has 134 valence electrons. The molecule has 0 aromatic heterocycles. The van der Waals surface area contributed by atoms with Gasteiger partial charge in [0, 0.05) is 5.56 Å². The molecule has 0 radical (unpaired) electrons. The van der Waals surface area contributed by atoms with Gasteiger partial charge in [-0.3, -0.25) is 9.59 Å². The Morgan fingerprint density at radius 2 is 2.08 bits per heavy atom. The molecule has 1 fully saturated rings. The normalized spacial score (nSPS) is 15.7. The van der Waals surface area contributed by atoms with E-state index < -0.39 is 6.04 Å². The van der Waals surface area contributed by atoms with E-state index in [0.29, 0.717) is 23.7 Å². The Labute approximate surface area is 148 Å². The number of benzene rings is 1. The van der Waals surface area contributed by atoms with Gasteiger partial charge in [0.1, 0.15) is 18.3 Å². The van der Waals surface area contributed by atoms with Gasteiger partial charge in [0.25, 0.3) is 5.91 Å². The number of hydrogen-bond donors (Lipinski definition) is 2. The molecule has 1 aromatic carbocycles. The zero-order chi connectivity index (χ0) is 18.1. The van der Waals surface area contributed by atoms with Gasteiger partial charge in [-0.2, -0.15) is 5.26 Å². The molecule has 0 aliphatic heterocycles. The third kappa shape index (κ3) is 5.79. The minimum atomic E-state index is -0.629. The molecule has 6 nitrogen and oxygen atoms in total. The molecule has 1 atom stereocenters. The van der Waals surface area contributed by atoms with E-state index in [2.05, 4.69) is 10.6 Å². The monoisotopic (exact) mass is 343 g/mol. The maximum absolute atomic E-state index is 12.5. The van der Waals surface area contributed by atoms with Gasteiger partial charge in [-0.05, 0) is 30.5 Å². The number of rotatable bonds is 7. The summed E-state index contributed by atoms with van der Waals surface area (Å²) < 4.78 is 5.14. The third-order valence-corrected chi connectivity index (χ3v) is 4.59. The van der Waals surface area contributed by atoms with Gasteiger partial charge in [0.05, 0.1) is 13.2 Å². The highest BCUT2D eigenvalue weighted by Crippen LogP contribution is 2.27. The molecule has 0 spiro atoms. The lowest BCUT2D eigenvalue weighted by molar-refractivity contribution is -0.123. The van der Waals surface area contributed by atoms with Gasteiger partial charge in [0.2, 0.25) is 5.91 Å². The van der Waals surface area contributed by atoms with E-state index in [1.165, 1.54) is 26.4 Å². The van der Waals surface area contributed by atoms with Crippen molar-refractivity contribution < 1.29 is 14.3 Å². The van der Waals surface area contributed by atoms with Gasteiger partial charge >= 0.3 is 0 Å². The first-order chi connectivity index (χ1) is 12.1. The van der Waals surface area contributed by atoms with Crippen LogP contribution in [-0.4, -0.2) is 31.5 Å². The Hall–Kier alpha value is -2.55. The second kappa shape index (κ2) is 9.67. The molecule has 6 heteroatoms. The highest BCUT2D eigenvalue weighted by Gasteiger charge is 2.26. The number of nitrogens with zero attached hydrogens (tertiary/aromatic N) is 1. The molecule has 2 N–H and O–H groups in total. The van der Waals surface area contributed by atoms with Crippen LogP contribution in [0.1, 0.15) is 48.9 Å². The van der Waals surface area contributed by atoms with Crippen molar-refractivity contribution in [3.63, 3.8) is 0 Å². The number of carbonyl (C=O) groups is 2. The zero-order valence-corrected chi connectivity index (χ0v) is 14.6. The Kier molecular flexibility index (Phi) is 7.27. The van der Waals surface area contributed by atoms with Gasteiger partial charge in [0.15, 0.2) is 0 Å². The number of ether oxygens (including phenoxy) is 1. The molecule has 2 amide bonds. The van der Waals surface area contributed by atoms with E-state index in [1.54, 1.807) is 24.3 Å². The van der Waals surface area contributed by atoms with Crippen molar-refractivity contribution in [2.45, 2.75) is 44.6 Å². The number of nitrogens with one attached hydrogen (secondary N) is 2. The summed E-state index contributed by atoms with van der Waals surface area (Å²) in [7, 11) is 1.54. The minimum Gasteiger partial charge on any atom is -0.497 e. The second-order valence-corrected chi connectivity index (χ2v) is 6.37. The summed E-state index contributed by atoms with van der Waals surface area (Å²) in [6, 6.07) is 8.08. The van der Waals surface area contributed by atoms with Crippen molar-refractivity contribution >= 4 is 11.8 Å². The average molecular weight is 343 g/mol. The topological polar surface area (TPSA) is 91.2 Å². The average Bonchev–Trinajstić information content (AvgIpc) is 2.66. The fourth-order valence-electron chi connectivity index (χ4n) is 3.24. The molecule has 25 heavy (non-hydrogen) atoms. The van der Waals surface area contributed by atoms with E-state index in [0.717, 1.165) is 12.8 Å². The van der Waals surface area contributed by atoms with Crippen LogP contribution in [0, 0.1) is 17.2 Å². The lowest BCUT2D eigenvalue weighted by Crippen LogP contribution is -2.48. The minimum absolute atomic E-state index is 0.0605. The highest BCUT2D eigenvalue weighted by atomic mass is 16.5. The number of hydrogen-bond acceptors (Lipinski definition) is 4. The molecular formula is C19H25N3O3. The quantitative estimate of drug-likeness (QED) is 0.744. The highest BCUT2D eigenvalue weighted by molar-refractivity contribution is 5.97. The van der Waals surface area contributed by atoms with Crippen molar-refractivity contribution in [3.05, 3.63) is 29.8 Å². The van der Waals surface area contributed by atoms with E-state index in [-0.39, 0.29) is 18.4 Å². The summed E-state index contributed by atoms with van der Waals surface area (Å²) >= 11 is 0. The lowest BCUT2D eigenvalue weighted by atomic mass is 9.84. The number of amides is 2. The first kappa shape index (κ1) is 18.8. The SMILES string of the molecule is COc1cccc(C(=O)N[C@@H](CC2CCCCC2)C(=O)NCC#N)c1. The second-order valence-electron chi connectivity index (χ2n) is 6.37. The van der Waals surface area contributed by atoms with E-state index in [4.69, 9.17) is 10.00 Å². The van der Waals surface area contributed by atoms with Crippen LogP contribution in [0.2, 0.25) is 0 Å². The standard InChI is InChI=1S/C19H25N3O3/c1-25-16-9-5-8-15(13-16)18(23)22-17(19(24)21-11-10-20)12-14-6-3-2-4-7-14/h5,8-9,13-14,17H,2-4,6-7,11-12H2,1H3,(H,21,24)(H,22,23)/t17-/m0/s1. The number of carbonyl (C=O) groups excluding carboxylic acids is 2. The van der Waals surface area contributed by atoms with Crippen LogP contribution < -0.4 is 15.4 Å². The molecule has 0 unspecified atom stereocenters. The molecular weight excluding hydrogens is 318 g/mol. The molecule has 1 saturated carbocycles. The van der Waals surface area contributed by atoms with Crippen LogP contribution in [0.15, 0.2) is 24.3 Å². The summed E-state index contributed by atoms with van der Waals surface area (Å²) in [4.78, 5) is 24.9. The van der Waals surface area contributed by atoms with E-state index in [9.17, 15) is 9.59 Å². The fraction of sp³-hybridized carbons (Fsp3) is 0.526. The van der Waals surface area contributed by atoms with E-state index in [1.807, 2.05) is 6.07 Å². The summed E-state index contributed by atoms with van der Waals surface area (Å²) in [5.41, 5.74) is 0.445. The Balaban J connectivity index is 2.06. The predicted molar refractivity (Wildman–Crippen MR) is 94.1 cm³/mol. The molecule has 2 rings (SSSR count). The van der Waals surface area contributed by atoms with Crippen molar-refractivity contribution in [1.29, 1.82) is 5.26 Å². The maximum Gasteiger partial charge on any atom is 0.252 e. The molecule has 1 aliphatic rings. The van der Waals surface area contributed by atoms with Crippen molar-refractivity contribution in [3.8, 4) is 11.8 Å². The Morgan fingerprint density at radius 3 is 2.76 bits per heavy atom. The summed E-state index contributed by atoms with van der Waals surface area (Å²) in [6.07, 6.45) is 6.33. The van der Waals surface area contributed by atoms with Crippen LogP contribution in [0.4, 0.5) is 0 Å². The third-order valence-electron chi connectivity index (χ3n) is 4.59. The number of methoxy groups -OCH3 is 1. The predicted octanol–water partition coefficient (Wildman–Crippen LogP) is 2.40. The first-order valence-electron chi connectivity index (χ1n) is 8.73. The smallest absolute Gasteiger partial charge is 0.252 e. The van der Waals surface area contributed by atoms with Gasteiger partial charge in [-0.25, -0.2) is 0 Å². The van der Waals surface area contributed by atoms with Crippen molar-refractivity contribution in [1.82, 2.24) is 10.6 Å². The molecule has 0 saturated heterocycles. The Bertz CT molecular complexity index is 633. The van der Waals surface area contributed by atoms with Crippen LogP contribution in [0.5, 0.6) is 5.75 Å².